The monoisotopic (exact) mass is 320 g/mol. The number of hydrogen-bond acceptors (Lipinski definition) is 0. The number of hydrogen-bond donors (Lipinski definition) is 0. The van der Waals surface area contributed by atoms with E-state index < -0.39 is 26.4 Å². The predicted octanol–water partition coefficient (Wildman–Crippen LogP) is 6.95. The lowest BCUT2D eigenvalue weighted by molar-refractivity contribution is 0.360. The van der Waals surface area contributed by atoms with Crippen LogP contribution >= 0.6 is 10.2 Å². The van der Waals surface area contributed by atoms with Crippen molar-refractivity contribution in [2.24, 2.45) is 0 Å². The summed E-state index contributed by atoms with van der Waals surface area (Å²) in [5.74, 6) is -0.881. The van der Waals surface area contributed by atoms with Crippen LogP contribution in [0.25, 0.3) is 0 Å². The third kappa shape index (κ3) is 3.62. The first kappa shape index (κ1) is 17.2. The Morgan fingerprint density at radius 2 is 1.60 bits per heavy atom. The van der Waals surface area contributed by atoms with Crippen LogP contribution in [-0.2, 0) is 5.41 Å². The molecule has 0 amide bonds. The smallest absolute Gasteiger partial charge is 0.207 e. The van der Waals surface area contributed by atoms with Gasteiger partial charge in [0.15, 0.2) is 0 Å². The van der Waals surface area contributed by atoms with Crippen LogP contribution in [0.4, 0.5) is 23.8 Å². The highest BCUT2D eigenvalue weighted by atomic mass is 32.5. The molecule has 0 radical (unpaired) electrons. The van der Waals surface area contributed by atoms with E-state index in [1.807, 2.05) is 0 Å². The Balaban J connectivity index is 3.52. The Morgan fingerprint density at radius 1 is 1.05 bits per heavy atom. The molecule has 0 fully saturated rings. The minimum atomic E-state index is -9.78. The van der Waals surface area contributed by atoms with Gasteiger partial charge in [-0.25, -0.2) is 4.39 Å². The van der Waals surface area contributed by atoms with E-state index in [2.05, 4.69) is 0 Å². The number of halogens is 6. The van der Waals surface area contributed by atoms with Gasteiger partial charge in [-0.05, 0) is 42.0 Å². The Hall–Kier alpha value is -0.850. The first-order chi connectivity index (χ1) is 8.73. The van der Waals surface area contributed by atoms with Gasteiger partial charge in [-0.1, -0.05) is 46.6 Å². The molecule has 0 nitrogen and oxygen atoms in total. The summed E-state index contributed by atoms with van der Waals surface area (Å²) >= 11 is 0. The summed E-state index contributed by atoms with van der Waals surface area (Å²) in [5.41, 5.74) is -1.19. The van der Waals surface area contributed by atoms with Gasteiger partial charge in [-0.2, -0.15) is 0 Å². The van der Waals surface area contributed by atoms with Crippen molar-refractivity contribution in [2.75, 3.05) is 0 Å². The maximum absolute atomic E-state index is 13.8. The topological polar surface area (TPSA) is 0 Å². The second kappa shape index (κ2) is 4.32. The van der Waals surface area contributed by atoms with Crippen LogP contribution in [0.15, 0.2) is 23.1 Å². The average Bonchev–Trinajstić information content (AvgIpc) is 2.26. The summed E-state index contributed by atoms with van der Waals surface area (Å²) in [4.78, 5) is -2.03. The van der Waals surface area contributed by atoms with Gasteiger partial charge in [0.1, 0.15) is 10.7 Å². The lowest BCUT2D eigenvalue weighted by atomic mass is 9.76. The minimum Gasteiger partial charge on any atom is -0.207 e. The molecular formula is C13H18F6S. The van der Waals surface area contributed by atoms with E-state index in [1.165, 1.54) is 0 Å². The summed E-state index contributed by atoms with van der Waals surface area (Å²) < 4.78 is 77.9. The normalized spacial score (nSPS) is 19.1. The molecule has 1 rings (SSSR count). The largest absolute Gasteiger partial charge is 0.310 e. The van der Waals surface area contributed by atoms with Gasteiger partial charge in [-0.3, -0.25) is 0 Å². The summed E-state index contributed by atoms with van der Waals surface area (Å²) in [6.07, 6.45) is 1.40. The second-order valence-corrected chi connectivity index (χ2v) is 7.68. The lowest BCUT2D eigenvalue weighted by Gasteiger charge is -2.41. The van der Waals surface area contributed by atoms with E-state index in [0.717, 1.165) is 0 Å². The fourth-order valence-corrected chi connectivity index (χ4v) is 2.93. The molecule has 118 valence electrons. The third-order valence-corrected chi connectivity index (χ3v) is 4.76. The Morgan fingerprint density at radius 3 is 2.00 bits per heavy atom. The summed E-state index contributed by atoms with van der Waals surface area (Å²) in [6, 6.07) is 0.866. The molecule has 1 aromatic carbocycles. The van der Waals surface area contributed by atoms with Crippen LogP contribution in [0.3, 0.4) is 0 Å². The molecule has 0 bridgehead atoms. The second-order valence-electron chi connectivity index (χ2n) is 5.27. The van der Waals surface area contributed by atoms with Crippen molar-refractivity contribution in [1.82, 2.24) is 0 Å². The Labute approximate surface area is 114 Å². The van der Waals surface area contributed by atoms with Crippen molar-refractivity contribution in [1.29, 1.82) is 0 Å². The Bertz CT molecular complexity index is 507. The summed E-state index contributed by atoms with van der Waals surface area (Å²) in [5, 5.41) is 0. The standard InChI is InChI=1S/C13H18F6S/c1-4-8-13(3,5-2)11-9-10(6-7-12(11)14)20(15,16,17,18)19/h6-7,9H,4-5,8H2,1-3H3. The molecule has 1 unspecified atom stereocenters. The van der Waals surface area contributed by atoms with Gasteiger partial charge in [0.05, 0.1) is 0 Å². The zero-order valence-corrected chi connectivity index (χ0v) is 12.3. The number of benzene rings is 1. The van der Waals surface area contributed by atoms with Crippen LogP contribution in [0.5, 0.6) is 0 Å². The molecule has 7 heteroatoms. The maximum atomic E-state index is 13.8. The third-order valence-electron chi connectivity index (χ3n) is 3.62. The SMILES string of the molecule is CCCC(C)(CC)c1cc(S(F)(F)(F)(F)F)ccc1F. The van der Waals surface area contributed by atoms with Gasteiger partial charge in [0.2, 0.25) is 0 Å². The van der Waals surface area contributed by atoms with Crippen molar-refractivity contribution >= 4 is 10.2 Å². The van der Waals surface area contributed by atoms with Crippen LogP contribution in [0, 0.1) is 5.82 Å². The lowest BCUT2D eigenvalue weighted by Crippen LogP contribution is -2.23. The van der Waals surface area contributed by atoms with E-state index in [4.69, 9.17) is 0 Å². The van der Waals surface area contributed by atoms with Crippen LogP contribution < -0.4 is 0 Å². The highest BCUT2D eigenvalue weighted by Crippen LogP contribution is 3.02. The van der Waals surface area contributed by atoms with E-state index in [0.29, 0.717) is 25.3 Å². The molecular weight excluding hydrogens is 302 g/mol. The van der Waals surface area contributed by atoms with Crippen LogP contribution in [-0.4, -0.2) is 0 Å². The van der Waals surface area contributed by atoms with Gasteiger partial charge in [0, 0.05) is 0 Å². The van der Waals surface area contributed by atoms with E-state index >= 15 is 0 Å². The minimum absolute atomic E-state index is 0.114. The van der Waals surface area contributed by atoms with Crippen LogP contribution in [0.1, 0.15) is 45.6 Å². The Kier molecular flexibility index (Phi) is 3.72. The molecule has 0 saturated heterocycles. The van der Waals surface area contributed by atoms with Crippen molar-refractivity contribution in [2.45, 2.75) is 50.3 Å². The molecule has 0 heterocycles. The molecule has 0 aromatic heterocycles. The van der Waals surface area contributed by atoms with E-state index in [1.54, 1.807) is 20.8 Å². The first-order valence-corrected chi connectivity index (χ1v) is 8.23. The van der Waals surface area contributed by atoms with E-state index in [-0.39, 0.29) is 17.7 Å². The summed E-state index contributed by atoms with van der Waals surface area (Å²) in [7, 11) is -9.78. The van der Waals surface area contributed by atoms with Gasteiger partial charge in [0.25, 0.3) is 0 Å². The van der Waals surface area contributed by atoms with Crippen LogP contribution in [0.2, 0.25) is 0 Å². The highest BCUT2D eigenvalue weighted by Gasteiger charge is 2.65. The van der Waals surface area contributed by atoms with Crippen molar-refractivity contribution in [3.05, 3.63) is 29.6 Å². The first-order valence-electron chi connectivity index (χ1n) is 6.27. The maximum Gasteiger partial charge on any atom is 0.310 e. The average molecular weight is 320 g/mol. The predicted molar refractivity (Wildman–Crippen MR) is 70.3 cm³/mol. The highest BCUT2D eigenvalue weighted by molar-refractivity contribution is 8.45. The zero-order chi connectivity index (χ0) is 15.9. The van der Waals surface area contributed by atoms with E-state index in [9.17, 15) is 23.8 Å². The summed E-state index contributed by atoms with van der Waals surface area (Å²) in [6.45, 7) is 5.09. The van der Waals surface area contributed by atoms with Crippen molar-refractivity contribution in [3.63, 3.8) is 0 Å². The fourth-order valence-electron chi connectivity index (χ4n) is 2.26. The molecule has 20 heavy (non-hydrogen) atoms. The van der Waals surface area contributed by atoms with Crippen molar-refractivity contribution < 1.29 is 23.8 Å². The molecule has 0 aliphatic heterocycles. The van der Waals surface area contributed by atoms with Crippen molar-refractivity contribution in [3.8, 4) is 0 Å². The molecule has 0 N–H and O–H groups in total. The number of rotatable bonds is 5. The quantitative estimate of drug-likeness (QED) is 0.515. The van der Waals surface area contributed by atoms with Gasteiger partial charge in [-0.15, -0.1) is 0 Å². The molecule has 0 spiro atoms. The molecule has 0 aliphatic rings. The fraction of sp³-hybridized carbons (Fsp3) is 0.538. The molecule has 0 saturated carbocycles. The molecule has 1 atom stereocenters. The van der Waals surface area contributed by atoms with Gasteiger partial charge < -0.3 is 0 Å². The zero-order valence-electron chi connectivity index (χ0n) is 11.5. The molecule has 1 aromatic rings. The molecule has 0 aliphatic carbocycles. The van der Waals surface area contributed by atoms with Gasteiger partial charge >= 0.3 is 10.2 Å².